The normalized spacial score (nSPS) is 16.6. The Hall–Kier alpha value is -1.69. The second-order valence-electron chi connectivity index (χ2n) is 10.1. The summed E-state index contributed by atoms with van der Waals surface area (Å²) < 4.78 is 112. The number of hydrogen-bond donors (Lipinski definition) is 2. The van der Waals surface area contributed by atoms with Gasteiger partial charge in [0.15, 0.2) is 0 Å². The molecule has 1 aliphatic heterocycles. The highest BCUT2D eigenvalue weighted by molar-refractivity contribution is 7.99. The lowest BCUT2D eigenvalue weighted by Crippen LogP contribution is -2.47. The molecule has 1 heterocycles. The molecular weight excluding hydrogens is 664 g/mol. The second kappa shape index (κ2) is 15.7. The molecule has 18 heteroatoms. The molecule has 3 N–H and O–H groups in total. The Bertz CT molecular complexity index is 1480. The summed E-state index contributed by atoms with van der Waals surface area (Å²) in [6, 6.07) is 11.3. The number of sulfone groups is 1. The molecule has 3 rings (SSSR count). The summed E-state index contributed by atoms with van der Waals surface area (Å²) in [6.07, 6.45) is 1.43. The van der Waals surface area contributed by atoms with Gasteiger partial charge in [0.25, 0.3) is 9.84 Å². The van der Waals surface area contributed by atoms with E-state index in [0.29, 0.717) is 37.4 Å². The van der Waals surface area contributed by atoms with E-state index in [1.165, 1.54) is 26.0 Å². The van der Waals surface area contributed by atoms with Crippen molar-refractivity contribution in [3.8, 4) is 0 Å². The third kappa shape index (κ3) is 10.4. The molecule has 2 aromatic carbocycles. The molecule has 0 radical (unpaired) electrons. The van der Waals surface area contributed by atoms with Crippen molar-refractivity contribution in [1.82, 2.24) is 9.80 Å². The maximum absolute atomic E-state index is 13.6. The molecule has 0 spiro atoms. The number of halogens is 3. The van der Waals surface area contributed by atoms with Crippen LogP contribution in [0.15, 0.2) is 63.2 Å². The maximum Gasteiger partial charge on any atom is 0.501 e. The van der Waals surface area contributed by atoms with Crippen molar-refractivity contribution >= 4 is 44.9 Å². The Balaban J connectivity index is 1.72. The van der Waals surface area contributed by atoms with E-state index in [2.05, 4.69) is 15.1 Å². The number of rotatable bonds is 16. The standard InChI is InChI=1S/C26H38F3N4O7PS3/c1-39-41(34,40-2)18-6-12-32-14-16-33(17-15-32)13-11-21(20-42-22-7-4-3-5-8-22)31-24-10-9-23(44(30,37)38)19-25(24)43(35,36)26(27,28)29/h3-5,7-10,19,21,31H,6,11-18,20H2,1-2H3,(H2,30,37,38)/t21-/m1/s1. The van der Waals surface area contributed by atoms with Crippen LogP contribution in [0.25, 0.3) is 0 Å². The van der Waals surface area contributed by atoms with E-state index in [1.807, 2.05) is 30.3 Å². The van der Waals surface area contributed by atoms with Gasteiger partial charge in [-0.3, -0.25) is 4.57 Å². The number of nitrogens with one attached hydrogen (secondary N) is 1. The van der Waals surface area contributed by atoms with Gasteiger partial charge in [-0.25, -0.2) is 22.0 Å². The number of thioether (sulfide) groups is 1. The predicted molar refractivity (Wildman–Crippen MR) is 164 cm³/mol. The highest BCUT2D eigenvalue weighted by atomic mass is 32.2. The Morgan fingerprint density at radius 2 is 1.57 bits per heavy atom. The first-order valence-electron chi connectivity index (χ1n) is 13.7. The van der Waals surface area contributed by atoms with Crippen LogP contribution in [0.4, 0.5) is 18.9 Å². The van der Waals surface area contributed by atoms with Crippen molar-refractivity contribution in [2.45, 2.75) is 39.1 Å². The number of primary sulfonamides is 1. The number of alkyl halides is 3. The van der Waals surface area contributed by atoms with Gasteiger partial charge in [0.2, 0.25) is 10.0 Å². The van der Waals surface area contributed by atoms with Gasteiger partial charge >= 0.3 is 13.1 Å². The van der Waals surface area contributed by atoms with E-state index < -0.39 is 48.8 Å². The highest BCUT2D eigenvalue weighted by Gasteiger charge is 2.48. The summed E-state index contributed by atoms with van der Waals surface area (Å²) in [6.45, 7) is 4.32. The number of anilines is 1. The molecule has 0 aromatic heterocycles. The zero-order valence-electron chi connectivity index (χ0n) is 24.4. The van der Waals surface area contributed by atoms with Gasteiger partial charge in [0.05, 0.1) is 16.7 Å². The molecule has 1 atom stereocenters. The lowest BCUT2D eigenvalue weighted by Gasteiger charge is -2.35. The Kier molecular flexibility index (Phi) is 13.2. The van der Waals surface area contributed by atoms with Crippen LogP contribution in [0, 0.1) is 0 Å². The van der Waals surface area contributed by atoms with E-state index in [-0.39, 0.29) is 5.69 Å². The molecule has 248 valence electrons. The zero-order chi connectivity index (χ0) is 32.6. The number of benzene rings is 2. The number of nitrogens with zero attached hydrogens (tertiary/aromatic N) is 2. The molecule has 0 amide bonds. The Morgan fingerprint density at radius 1 is 0.977 bits per heavy atom. The van der Waals surface area contributed by atoms with Crippen LogP contribution < -0.4 is 10.5 Å². The third-order valence-electron chi connectivity index (χ3n) is 7.15. The first-order valence-corrected chi connectivity index (χ1v) is 19.4. The van der Waals surface area contributed by atoms with Crippen LogP contribution >= 0.6 is 19.4 Å². The molecule has 0 unspecified atom stereocenters. The van der Waals surface area contributed by atoms with Crippen LogP contribution in [0.1, 0.15) is 12.8 Å². The van der Waals surface area contributed by atoms with E-state index >= 15 is 0 Å². The molecule has 0 saturated carbocycles. The summed E-state index contributed by atoms with van der Waals surface area (Å²) in [7, 11) is -10.7. The van der Waals surface area contributed by atoms with Crippen molar-refractivity contribution in [3.05, 3.63) is 48.5 Å². The molecule has 2 aromatic rings. The molecule has 0 aliphatic carbocycles. The van der Waals surface area contributed by atoms with E-state index in [4.69, 9.17) is 14.2 Å². The van der Waals surface area contributed by atoms with Gasteiger partial charge in [-0.2, -0.15) is 13.2 Å². The smallest absolute Gasteiger partial charge is 0.380 e. The molecule has 11 nitrogen and oxygen atoms in total. The first-order chi connectivity index (χ1) is 20.6. The average Bonchev–Trinajstić information content (AvgIpc) is 2.98. The zero-order valence-corrected chi connectivity index (χ0v) is 27.7. The van der Waals surface area contributed by atoms with Gasteiger partial charge in [-0.05, 0) is 49.7 Å². The largest absolute Gasteiger partial charge is 0.501 e. The number of hydrogen-bond acceptors (Lipinski definition) is 11. The monoisotopic (exact) mass is 702 g/mol. The Labute approximate surface area is 261 Å². The minimum absolute atomic E-state index is 0.316. The van der Waals surface area contributed by atoms with E-state index in [1.54, 1.807) is 0 Å². The van der Waals surface area contributed by atoms with Crippen molar-refractivity contribution < 1.29 is 43.6 Å². The van der Waals surface area contributed by atoms with E-state index in [9.17, 15) is 34.6 Å². The van der Waals surface area contributed by atoms with Gasteiger partial charge in [-0.15, -0.1) is 11.8 Å². The van der Waals surface area contributed by atoms with Crippen LogP contribution in [-0.2, 0) is 33.5 Å². The lowest BCUT2D eigenvalue weighted by atomic mass is 10.2. The number of piperazine rings is 1. The summed E-state index contributed by atoms with van der Waals surface area (Å²) in [5.74, 6) is 0.394. The first kappa shape index (κ1) is 36.8. The van der Waals surface area contributed by atoms with Gasteiger partial charge < -0.3 is 24.2 Å². The minimum Gasteiger partial charge on any atom is -0.380 e. The number of nitrogens with two attached hydrogens (primary N) is 1. The topological polar surface area (TPSA) is 148 Å². The van der Waals surface area contributed by atoms with Gasteiger partial charge in [-0.1, -0.05) is 18.2 Å². The van der Waals surface area contributed by atoms with E-state index in [0.717, 1.165) is 49.8 Å². The van der Waals surface area contributed by atoms with Crippen LogP contribution in [-0.4, -0.2) is 104 Å². The lowest BCUT2D eigenvalue weighted by molar-refractivity contribution is -0.0435. The third-order valence-corrected chi connectivity index (χ3v) is 12.7. The predicted octanol–water partition coefficient (Wildman–Crippen LogP) is 4.08. The second-order valence-corrected chi connectivity index (χ2v) is 17.1. The minimum atomic E-state index is -5.90. The summed E-state index contributed by atoms with van der Waals surface area (Å²) in [5.41, 5.74) is -6.01. The van der Waals surface area contributed by atoms with Crippen molar-refractivity contribution in [2.24, 2.45) is 5.14 Å². The summed E-state index contributed by atoms with van der Waals surface area (Å²) >= 11 is 1.46. The number of sulfonamides is 1. The van der Waals surface area contributed by atoms with Crippen molar-refractivity contribution in [1.29, 1.82) is 0 Å². The van der Waals surface area contributed by atoms with Crippen LogP contribution in [0.3, 0.4) is 0 Å². The fraction of sp³-hybridized carbons (Fsp3) is 0.538. The molecule has 44 heavy (non-hydrogen) atoms. The fourth-order valence-corrected chi connectivity index (χ4v) is 8.20. The van der Waals surface area contributed by atoms with Gasteiger partial charge in [0.1, 0.15) is 4.90 Å². The maximum atomic E-state index is 13.6. The van der Waals surface area contributed by atoms with Gasteiger partial charge in [0, 0.05) is 63.6 Å². The quantitative estimate of drug-likeness (QED) is 0.193. The summed E-state index contributed by atoms with van der Waals surface area (Å²) in [4.78, 5) is 3.43. The van der Waals surface area contributed by atoms with Crippen molar-refractivity contribution in [3.63, 3.8) is 0 Å². The fourth-order valence-electron chi connectivity index (χ4n) is 4.60. The molecule has 0 bridgehead atoms. The van der Waals surface area contributed by atoms with Crippen molar-refractivity contribution in [2.75, 3.05) is 70.7 Å². The Morgan fingerprint density at radius 3 is 2.11 bits per heavy atom. The molecule has 1 aliphatic rings. The van der Waals surface area contributed by atoms with Crippen LogP contribution in [0.2, 0.25) is 0 Å². The molecule has 1 fully saturated rings. The molecule has 1 saturated heterocycles. The van der Waals surface area contributed by atoms with Crippen LogP contribution in [0.5, 0.6) is 0 Å². The highest BCUT2D eigenvalue weighted by Crippen LogP contribution is 2.46. The summed E-state index contributed by atoms with van der Waals surface area (Å²) in [5, 5.41) is 8.03. The SMILES string of the molecule is COP(=O)(CCCN1CCN(CC[C@H](CSc2ccccc2)Nc2ccc(S(N)(=O)=O)cc2S(=O)(=O)C(F)(F)F)CC1)OC. The molecular formula is C26H38F3N4O7PS3. The average molecular weight is 703 g/mol.